The summed E-state index contributed by atoms with van der Waals surface area (Å²) >= 11 is 1.42. The maximum absolute atomic E-state index is 12.3. The van der Waals surface area contributed by atoms with Gasteiger partial charge in [-0.3, -0.25) is 4.79 Å². The first-order chi connectivity index (χ1) is 12.1. The molecule has 0 saturated heterocycles. The van der Waals surface area contributed by atoms with Crippen molar-refractivity contribution in [2.24, 2.45) is 0 Å². The average Bonchev–Trinajstić information content (AvgIpc) is 3.27. The number of carbonyl (C=O) groups excluding carboxylic acids is 2. The fourth-order valence-electron chi connectivity index (χ4n) is 2.36. The van der Waals surface area contributed by atoms with Crippen LogP contribution in [-0.4, -0.2) is 24.0 Å². The second-order valence-corrected chi connectivity index (χ2v) is 6.17. The fourth-order valence-corrected chi connectivity index (χ4v) is 3.15. The number of thiazole rings is 1. The Labute approximate surface area is 148 Å². The maximum Gasteiger partial charge on any atom is 0.338 e. The first-order valence-electron chi connectivity index (χ1n) is 7.54. The van der Waals surface area contributed by atoms with E-state index in [1.54, 1.807) is 37.5 Å². The summed E-state index contributed by atoms with van der Waals surface area (Å²) in [4.78, 5) is 28.4. The number of amides is 1. The summed E-state index contributed by atoms with van der Waals surface area (Å²) in [5.74, 6) is 0.0379. The molecule has 2 heterocycles. The van der Waals surface area contributed by atoms with Gasteiger partial charge in [-0.25, -0.2) is 9.78 Å². The third kappa shape index (κ3) is 3.77. The predicted molar refractivity (Wildman–Crippen MR) is 94.7 cm³/mol. The van der Waals surface area contributed by atoms with Gasteiger partial charge in [-0.2, -0.15) is 0 Å². The zero-order chi connectivity index (χ0) is 17.8. The molecule has 1 amide bonds. The van der Waals surface area contributed by atoms with E-state index in [1.165, 1.54) is 18.4 Å². The second kappa shape index (κ2) is 7.31. The molecule has 0 saturated carbocycles. The predicted octanol–water partition coefficient (Wildman–Crippen LogP) is 3.68. The normalized spacial score (nSPS) is 10.5. The van der Waals surface area contributed by atoms with E-state index in [0.29, 0.717) is 28.3 Å². The number of rotatable bonds is 5. The van der Waals surface area contributed by atoms with Gasteiger partial charge in [0.2, 0.25) is 5.91 Å². The molecule has 0 atom stereocenters. The lowest BCUT2D eigenvalue weighted by Gasteiger charge is -2.11. The van der Waals surface area contributed by atoms with Crippen molar-refractivity contribution in [3.05, 3.63) is 58.8 Å². The molecule has 0 bridgehead atoms. The van der Waals surface area contributed by atoms with Gasteiger partial charge < -0.3 is 14.5 Å². The van der Waals surface area contributed by atoms with Crippen LogP contribution in [0.3, 0.4) is 0 Å². The van der Waals surface area contributed by atoms with Crippen molar-refractivity contribution in [1.29, 1.82) is 0 Å². The molecule has 1 N–H and O–H groups in total. The summed E-state index contributed by atoms with van der Waals surface area (Å²) in [5.41, 5.74) is 2.33. The number of hydrogen-bond donors (Lipinski definition) is 1. The molecule has 3 aromatic rings. The van der Waals surface area contributed by atoms with Crippen molar-refractivity contribution >= 4 is 28.9 Å². The van der Waals surface area contributed by atoms with Gasteiger partial charge in [0.25, 0.3) is 0 Å². The highest BCUT2D eigenvalue weighted by Crippen LogP contribution is 2.24. The van der Waals surface area contributed by atoms with Gasteiger partial charge in [0, 0.05) is 11.1 Å². The summed E-state index contributed by atoms with van der Waals surface area (Å²) in [5, 5.41) is 5.38. The monoisotopic (exact) mass is 356 g/mol. The highest BCUT2D eigenvalue weighted by Gasteiger charge is 2.15. The number of furan rings is 1. The van der Waals surface area contributed by atoms with Crippen LogP contribution < -0.4 is 5.32 Å². The van der Waals surface area contributed by atoms with E-state index < -0.39 is 5.97 Å². The van der Waals surface area contributed by atoms with Gasteiger partial charge in [0.05, 0.1) is 31.1 Å². The smallest absolute Gasteiger partial charge is 0.338 e. The van der Waals surface area contributed by atoms with Crippen LogP contribution in [0, 0.1) is 6.92 Å². The minimum Gasteiger partial charge on any atom is -0.465 e. The average molecular weight is 356 g/mol. The highest BCUT2D eigenvalue weighted by molar-refractivity contribution is 7.13. The Kier molecular flexibility index (Phi) is 4.95. The molecule has 3 rings (SSSR count). The molecule has 6 nitrogen and oxygen atoms in total. The number of benzene rings is 1. The van der Waals surface area contributed by atoms with Crippen molar-refractivity contribution < 1.29 is 18.7 Å². The third-order valence-electron chi connectivity index (χ3n) is 3.64. The number of anilines is 1. The van der Waals surface area contributed by atoms with Crippen molar-refractivity contribution in [2.45, 2.75) is 13.3 Å². The van der Waals surface area contributed by atoms with E-state index >= 15 is 0 Å². The Balaban J connectivity index is 1.70. The number of esters is 1. The van der Waals surface area contributed by atoms with Crippen molar-refractivity contribution in [3.8, 4) is 10.8 Å². The van der Waals surface area contributed by atoms with Crippen LogP contribution in [0.5, 0.6) is 0 Å². The minimum atomic E-state index is -0.434. The largest absolute Gasteiger partial charge is 0.465 e. The molecule has 7 heteroatoms. The molecule has 0 radical (unpaired) electrons. The molecule has 0 aliphatic heterocycles. The van der Waals surface area contributed by atoms with E-state index in [2.05, 4.69) is 10.3 Å². The van der Waals surface area contributed by atoms with Crippen LogP contribution in [0.15, 0.2) is 46.4 Å². The lowest BCUT2D eigenvalue weighted by Crippen LogP contribution is -2.16. The van der Waals surface area contributed by atoms with Crippen LogP contribution in [0.4, 0.5) is 5.69 Å². The fraction of sp³-hybridized carbons (Fsp3) is 0.167. The molecular weight excluding hydrogens is 340 g/mol. The lowest BCUT2D eigenvalue weighted by atomic mass is 10.1. The zero-order valence-electron chi connectivity index (χ0n) is 13.7. The van der Waals surface area contributed by atoms with Crippen molar-refractivity contribution in [1.82, 2.24) is 4.98 Å². The molecule has 0 unspecified atom stereocenters. The number of hydrogen-bond acceptors (Lipinski definition) is 6. The van der Waals surface area contributed by atoms with E-state index in [-0.39, 0.29) is 12.3 Å². The van der Waals surface area contributed by atoms with Gasteiger partial charge in [0.1, 0.15) is 0 Å². The van der Waals surface area contributed by atoms with Crippen LogP contribution in [0.2, 0.25) is 0 Å². The van der Waals surface area contributed by atoms with Crippen LogP contribution >= 0.6 is 11.3 Å². The summed E-state index contributed by atoms with van der Waals surface area (Å²) in [6.07, 6.45) is 1.72. The van der Waals surface area contributed by atoms with Gasteiger partial charge in [-0.15, -0.1) is 11.3 Å². The number of methoxy groups -OCH3 is 1. The molecule has 2 aromatic heterocycles. The Morgan fingerprint density at radius 1 is 1.28 bits per heavy atom. The molecule has 0 aliphatic rings. The van der Waals surface area contributed by atoms with Crippen molar-refractivity contribution in [2.75, 3.05) is 12.4 Å². The quantitative estimate of drug-likeness (QED) is 0.705. The van der Waals surface area contributed by atoms with Crippen LogP contribution in [0.25, 0.3) is 10.8 Å². The SMILES string of the molecule is COC(=O)c1cccc(NC(=O)Cc2csc(-c3ccco3)n2)c1C. The zero-order valence-corrected chi connectivity index (χ0v) is 14.6. The van der Waals surface area contributed by atoms with Gasteiger partial charge >= 0.3 is 5.97 Å². The van der Waals surface area contributed by atoms with Gasteiger partial charge in [0.15, 0.2) is 10.8 Å². The Bertz CT molecular complexity index is 900. The first kappa shape index (κ1) is 16.9. The molecular formula is C18H16N2O4S. The Morgan fingerprint density at radius 3 is 2.84 bits per heavy atom. The first-order valence-corrected chi connectivity index (χ1v) is 8.42. The third-order valence-corrected chi connectivity index (χ3v) is 4.54. The van der Waals surface area contributed by atoms with E-state index in [1.807, 2.05) is 11.4 Å². The number of nitrogens with zero attached hydrogens (tertiary/aromatic N) is 1. The molecule has 128 valence electrons. The van der Waals surface area contributed by atoms with Gasteiger partial charge in [-0.1, -0.05) is 6.07 Å². The van der Waals surface area contributed by atoms with Gasteiger partial charge in [-0.05, 0) is 36.8 Å². The summed E-state index contributed by atoms with van der Waals surface area (Å²) in [6.45, 7) is 1.76. The molecule has 25 heavy (non-hydrogen) atoms. The standard InChI is InChI=1S/C18H16N2O4S/c1-11-13(18(22)23-2)5-3-6-14(11)20-16(21)9-12-10-25-17(19-12)15-7-4-8-24-15/h3-8,10H,9H2,1-2H3,(H,20,21). The number of ether oxygens (including phenoxy) is 1. The summed E-state index contributed by atoms with van der Waals surface area (Å²) in [6, 6.07) is 8.72. The topological polar surface area (TPSA) is 81.4 Å². The highest BCUT2D eigenvalue weighted by atomic mass is 32.1. The van der Waals surface area contributed by atoms with E-state index in [4.69, 9.17) is 9.15 Å². The number of nitrogens with one attached hydrogen (secondary N) is 1. The van der Waals surface area contributed by atoms with E-state index in [9.17, 15) is 9.59 Å². The maximum atomic E-state index is 12.3. The Morgan fingerprint density at radius 2 is 2.12 bits per heavy atom. The molecule has 0 spiro atoms. The molecule has 0 fully saturated rings. The summed E-state index contributed by atoms with van der Waals surface area (Å²) in [7, 11) is 1.33. The number of carbonyl (C=O) groups is 2. The van der Waals surface area contributed by atoms with Crippen LogP contribution in [0.1, 0.15) is 21.6 Å². The number of aromatic nitrogens is 1. The molecule has 0 aliphatic carbocycles. The Hall–Kier alpha value is -2.93. The molecule has 1 aromatic carbocycles. The van der Waals surface area contributed by atoms with Crippen molar-refractivity contribution in [3.63, 3.8) is 0 Å². The summed E-state index contributed by atoms with van der Waals surface area (Å²) < 4.78 is 10.0. The van der Waals surface area contributed by atoms with Crippen LogP contribution in [-0.2, 0) is 16.0 Å². The van der Waals surface area contributed by atoms with E-state index in [0.717, 1.165) is 5.01 Å². The minimum absolute atomic E-state index is 0.138. The second-order valence-electron chi connectivity index (χ2n) is 5.32. The lowest BCUT2D eigenvalue weighted by molar-refractivity contribution is -0.115.